The summed E-state index contributed by atoms with van der Waals surface area (Å²) in [7, 11) is 0. The number of rotatable bonds is 5. The van der Waals surface area contributed by atoms with Crippen molar-refractivity contribution in [1.29, 1.82) is 0 Å². The van der Waals surface area contributed by atoms with Crippen LogP contribution in [0.4, 0.5) is 0 Å². The average Bonchev–Trinajstić information content (AvgIpc) is 3.06. The molecule has 0 N–H and O–H groups in total. The Morgan fingerprint density at radius 1 is 1.26 bits per heavy atom. The SMILES string of the molecule is O=C(CCN1CC2CCC1C2)OCc1ccccc1. The Hall–Kier alpha value is -1.35. The van der Waals surface area contributed by atoms with Gasteiger partial charge in [-0.15, -0.1) is 0 Å². The Labute approximate surface area is 114 Å². The van der Waals surface area contributed by atoms with E-state index in [4.69, 9.17) is 4.74 Å². The van der Waals surface area contributed by atoms with Crippen molar-refractivity contribution in [1.82, 2.24) is 4.90 Å². The molecule has 1 aliphatic carbocycles. The lowest BCUT2D eigenvalue weighted by Crippen LogP contribution is -2.34. The van der Waals surface area contributed by atoms with Gasteiger partial charge in [0.25, 0.3) is 0 Å². The van der Waals surface area contributed by atoms with Crippen molar-refractivity contribution in [2.75, 3.05) is 13.1 Å². The summed E-state index contributed by atoms with van der Waals surface area (Å²) in [4.78, 5) is 14.2. The van der Waals surface area contributed by atoms with E-state index in [1.165, 1.54) is 25.8 Å². The smallest absolute Gasteiger partial charge is 0.307 e. The molecule has 3 nitrogen and oxygen atoms in total. The number of ether oxygens (including phenoxy) is 1. The maximum Gasteiger partial charge on any atom is 0.307 e. The highest BCUT2D eigenvalue weighted by atomic mass is 16.5. The summed E-state index contributed by atoms with van der Waals surface area (Å²) in [6, 6.07) is 10.6. The minimum atomic E-state index is -0.0772. The molecule has 0 amide bonds. The molecule has 2 aliphatic rings. The van der Waals surface area contributed by atoms with Gasteiger partial charge < -0.3 is 4.74 Å². The third-order valence-electron chi connectivity index (χ3n) is 4.37. The first-order valence-electron chi connectivity index (χ1n) is 7.25. The molecule has 2 bridgehead atoms. The lowest BCUT2D eigenvalue weighted by atomic mass is 10.1. The molecule has 1 heterocycles. The highest BCUT2D eigenvalue weighted by molar-refractivity contribution is 5.69. The van der Waals surface area contributed by atoms with Gasteiger partial charge in [0.15, 0.2) is 0 Å². The fraction of sp³-hybridized carbons (Fsp3) is 0.562. The zero-order valence-electron chi connectivity index (χ0n) is 11.3. The first-order valence-corrected chi connectivity index (χ1v) is 7.25. The molecule has 1 aliphatic heterocycles. The molecule has 1 aromatic rings. The van der Waals surface area contributed by atoms with Gasteiger partial charge in [-0.1, -0.05) is 30.3 Å². The van der Waals surface area contributed by atoms with Crippen molar-refractivity contribution >= 4 is 5.97 Å². The van der Waals surface area contributed by atoms with E-state index in [1.54, 1.807) is 0 Å². The lowest BCUT2D eigenvalue weighted by Gasteiger charge is -2.26. The number of carbonyl (C=O) groups is 1. The van der Waals surface area contributed by atoms with Crippen LogP contribution in [0.25, 0.3) is 0 Å². The summed E-state index contributed by atoms with van der Waals surface area (Å²) in [5.74, 6) is 0.817. The molecule has 2 unspecified atom stereocenters. The third-order valence-corrected chi connectivity index (χ3v) is 4.37. The monoisotopic (exact) mass is 259 g/mol. The van der Waals surface area contributed by atoms with Crippen LogP contribution < -0.4 is 0 Å². The van der Waals surface area contributed by atoms with Gasteiger partial charge in [0.1, 0.15) is 6.61 Å². The normalized spacial score (nSPS) is 25.7. The van der Waals surface area contributed by atoms with E-state index in [-0.39, 0.29) is 5.97 Å². The van der Waals surface area contributed by atoms with Gasteiger partial charge in [0.05, 0.1) is 6.42 Å². The van der Waals surface area contributed by atoms with E-state index in [1.807, 2.05) is 30.3 Å². The molecule has 1 aromatic carbocycles. The first kappa shape index (κ1) is 12.7. The van der Waals surface area contributed by atoms with Crippen LogP contribution in [0.5, 0.6) is 0 Å². The molecule has 3 rings (SSSR count). The van der Waals surface area contributed by atoms with E-state index in [0.29, 0.717) is 13.0 Å². The second-order valence-electron chi connectivity index (χ2n) is 5.72. The number of hydrogen-bond acceptors (Lipinski definition) is 3. The summed E-state index contributed by atoms with van der Waals surface area (Å²) in [6.07, 6.45) is 4.58. The van der Waals surface area contributed by atoms with Gasteiger partial charge in [-0.25, -0.2) is 0 Å². The Morgan fingerprint density at radius 2 is 2.11 bits per heavy atom. The van der Waals surface area contributed by atoms with Crippen molar-refractivity contribution < 1.29 is 9.53 Å². The molecule has 102 valence electrons. The number of carbonyl (C=O) groups excluding carboxylic acids is 1. The van der Waals surface area contributed by atoms with E-state index in [0.717, 1.165) is 24.1 Å². The van der Waals surface area contributed by atoms with Crippen molar-refractivity contribution in [3.8, 4) is 0 Å². The van der Waals surface area contributed by atoms with E-state index >= 15 is 0 Å². The number of benzene rings is 1. The standard InChI is InChI=1S/C16H21NO2/c18-16(19-12-13-4-2-1-3-5-13)8-9-17-11-14-6-7-15(17)10-14/h1-5,14-15H,6-12H2. The lowest BCUT2D eigenvalue weighted by molar-refractivity contribution is -0.145. The van der Waals surface area contributed by atoms with Crippen molar-refractivity contribution in [2.24, 2.45) is 5.92 Å². The predicted octanol–water partition coefficient (Wildman–Crippen LogP) is 2.60. The zero-order valence-corrected chi connectivity index (χ0v) is 11.3. The second-order valence-corrected chi connectivity index (χ2v) is 5.72. The molecule has 1 saturated heterocycles. The van der Waals surface area contributed by atoms with E-state index < -0.39 is 0 Å². The number of fused-ring (bicyclic) bond motifs is 2. The first-order chi connectivity index (χ1) is 9.31. The van der Waals surface area contributed by atoms with E-state index in [9.17, 15) is 4.79 Å². The highest BCUT2D eigenvalue weighted by Gasteiger charge is 2.37. The quantitative estimate of drug-likeness (QED) is 0.761. The predicted molar refractivity (Wildman–Crippen MR) is 73.6 cm³/mol. The zero-order chi connectivity index (χ0) is 13.1. The Balaban J connectivity index is 1.38. The minimum Gasteiger partial charge on any atom is -0.461 e. The summed E-state index contributed by atoms with van der Waals surface area (Å²) in [5.41, 5.74) is 1.05. The maximum absolute atomic E-state index is 11.7. The van der Waals surface area contributed by atoms with Crippen LogP contribution in [0.15, 0.2) is 30.3 Å². The van der Waals surface area contributed by atoms with Gasteiger partial charge in [0.2, 0.25) is 0 Å². The van der Waals surface area contributed by atoms with Gasteiger partial charge in [-0.2, -0.15) is 0 Å². The molecule has 2 atom stereocenters. The third kappa shape index (κ3) is 3.16. The molecule has 0 radical (unpaired) electrons. The molecule has 0 spiro atoms. The summed E-state index contributed by atoms with van der Waals surface area (Å²) in [5, 5.41) is 0. The molecule has 3 heteroatoms. The largest absolute Gasteiger partial charge is 0.461 e. The van der Waals surface area contributed by atoms with Gasteiger partial charge >= 0.3 is 5.97 Å². The van der Waals surface area contributed by atoms with Crippen LogP contribution in [-0.4, -0.2) is 30.0 Å². The van der Waals surface area contributed by atoms with E-state index in [2.05, 4.69) is 4.90 Å². The molecule has 2 fully saturated rings. The minimum absolute atomic E-state index is 0.0772. The van der Waals surface area contributed by atoms with Crippen molar-refractivity contribution in [2.45, 2.75) is 38.3 Å². The number of likely N-dealkylation sites (tertiary alicyclic amines) is 1. The number of piperidine rings is 1. The van der Waals surface area contributed by atoms with Crippen LogP contribution in [0.3, 0.4) is 0 Å². The highest BCUT2D eigenvalue weighted by Crippen LogP contribution is 2.37. The molecule has 19 heavy (non-hydrogen) atoms. The molecule has 1 saturated carbocycles. The average molecular weight is 259 g/mol. The molecular formula is C16H21NO2. The Kier molecular flexibility index (Phi) is 3.83. The van der Waals surface area contributed by atoms with Gasteiger partial charge in [0, 0.05) is 19.1 Å². The van der Waals surface area contributed by atoms with Gasteiger partial charge in [-0.3, -0.25) is 9.69 Å². The maximum atomic E-state index is 11.7. The van der Waals surface area contributed by atoms with Crippen LogP contribution >= 0.6 is 0 Å². The summed E-state index contributed by atoms with van der Waals surface area (Å²) < 4.78 is 5.30. The van der Waals surface area contributed by atoms with Crippen LogP contribution in [0.1, 0.15) is 31.2 Å². The number of esters is 1. The van der Waals surface area contributed by atoms with Crippen LogP contribution in [0, 0.1) is 5.92 Å². The molecular weight excluding hydrogens is 238 g/mol. The van der Waals surface area contributed by atoms with Crippen LogP contribution in [0.2, 0.25) is 0 Å². The van der Waals surface area contributed by atoms with Crippen LogP contribution in [-0.2, 0) is 16.1 Å². The van der Waals surface area contributed by atoms with Gasteiger partial charge in [-0.05, 0) is 30.7 Å². The Bertz CT molecular complexity index is 432. The summed E-state index contributed by atoms with van der Waals surface area (Å²) in [6.45, 7) is 2.46. The summed E-state index contributed by atoms with van der Waals surface area (Å²) >= 11 is 0. The number of nitrogens with zero attached hydrogens (tertiary/aromatic N) is 1. The fourth-order valence-corrected chi connectivity index (χ4v) is 3.35. The molecule has 0 aromatic heterocycles. The van der Waals surface area contributed by atoms with Crippen molar-refractivity contribution in [3.63, 3.8) is 0 Å². The topological polar surface area (TPSA) is 29.5 Å². The fourth-order valence-electron chi connectivity index (χ4n) is 3.35. The Morgan fingerprint density at radius 3 is 2.79 bits per heavy atom. The van der Waals surface area contributed by atoms with Crippen molar-refractivity contribution in [3.05, 3.63) is 35.9 Å². The second kappa shape index (κ2) is 5.74. The number of hydrogen-bond donors (Lipinski definition) is 0.